The van der Waals surface area contributed by atoms with Crippen LogP contribution in [0.2, 0.25) is 0 Å². The summed E-state index contributed by atoms with van der Waals surface area (Å²) in [6.45, 7) is 4.27. The molecular formula is C12H19NO2. The van der Waals surface area contributed by atoms with Gasteiger partial charge in [0.1, 0.15) is 0 Å². The molecule has 0 aromatic carbocycles. The van der Waals surface area contributed by atoms with Crippen molar-refractivity contribution in [2.24, 2.45) is 17.3 Å². The molecular weight excluding hydrogens is 190 g/mol. The first-order valence-corrected chi connectivity index (χ1v) is 5.91. The van der Waals surface area contributed by atoms with Crippen LogP contribution in [-0.4, -0.2) is 11.8 Å². The number of nitrogens with one attached hydrogen (secondary N) is 1. The number of imide groups is 1. The Labute approximate surface area is 90.6 Å². The first-order chi connectivity index (χ1) is 7.07. The van der Waals surface area contributed by atoms with Gasteiger partial charge in [-0.1, -0.05) is 20.3 Å². The summed E-state index contributed by atoms with van der Waals surface area (Å²) in [4.78, 5) is 23.2. The lowest BCUT2D eigenvalue weighted by Crippen LogP contribution is -2.51. The molecule has 1 saturated carbocycles. The van der Waals surface area contributed by atoms with Crippen molar-refractivity contribution >= 4 is 11.8 Å². The van der Waals surface area contributed by atoms with E-state index in [0.29, 0.717) is 12.3 Å². The summed E-state index contributed by atoms with van der Waals surface area (Å²) in [5, 5.41) is 2.47. The van der Waals surface area contributed by atoms with Gasteiger partial charge in [0.15, 0.2) is 0 Å². The average molecular weight is 209 g/mol. The van der Waals surface area contributed by atoms with Crippen molar-refractivity contribution in [3.63, 3.8) is 0 Å². The molecule has 1 saturated heterocycles. The van der Waals surface area contributed by atoms with Gasteiger partial charge in [0, 0.05) is 12.3 Å². The largest absolute Gasteiger partial charge is 0.296 e. The fourth-order valence-electron chi connectivity index (χ4n) is 3.52. The Bertz CT molecular complexity index is 300. The lowest BCUT2D eigenvalue weighted by atomic mass is 9.67. The third-order valence-corrected chi connectivity index (χ3v) is 4.13. The quantitative estimate of drug-likeness (QED) is 0.670. The van der Waals surface area contributed by atoms with E-state index in [2.05, 4.69) is 12.2 Å². The smallest absolute Gasteiger partial charge is 0.230 e. The summed E-state index contributed by atoms with van der Waals surface area (Å²) < 4.78 is 0. The van der Waals surface area contributed by atoms with Crippen molar-refractivity contribution in [2.45, 2.75) is 46.0 Å². The van der Waals surface area contributed by atoms with Crippen molar-refractivity contribution in [3.05, 3.63) is 0 Å². The van der Waals surface area contributed by atoms with E-state index >= 15 is 0 Å². The molecule has 0 aromatic rings. The fourth-order valence-corrected chi connectivity index (χ4v) is 3.52. The molecule has 0 bridgehead atoms. The second-order valence-corrected chi connectivity index (χ2v) is 5.26. The maximum atomic E-state index is 11.8. The lowest BCUT2D eigenvalue weighted by Gasteiger charge is -2.39. The molecule has 1 heterocycles. The molecule has 1 aliphatic carbocycles. The highest BCUT2D eigenvalue weighted by molar-refractivity contribution is 5.99. The first-order valence-electron chi connectivity index (χ1n) is 5.91. The monoisotopic (exact) mass is 209 g/mol. The third kappa shape index (κ3) is 1.68. The molecule has 1 aliphatic heterocycles. The van der Waals surface area contributed by atoms with Gasteiger partial charge in [0.2, 0.25) is 11.8 Å². The zero-order valence-corrected chi connectivity index (χ0v) is 9.51. The summed E-state index contributed by atoms with van der Waals surface area (Å²) in [5.74, 6) is 0.611. The molecule has 2 amide bonds. The van der Waals surface area contributed by atoms with Crippen molar-refractivity contribution in [2.75, 3.05) is 0 Å². The Balaban J connectivity index is 2.26. The zero-order chi connectivity index (χ0) is 11.1. The van der Waals surface area contributed by atoms with Crippen molar-refractivity contribution in [1.82, 2.24) is 5.32 Å². The highest BCUT2D eigenvalue weighted by atomic mass is 16.2. The van der Waals surface area contributed by atoms with Gasteiger partial charge >= 0.3 is 0 Å². The van der Waals surface area contributed by atoms with Crippen LogP contribution in [0.3, 0.4) is 0 Å². The highest BCUT2D eigenvalue weighted by Gasteiger charge is 2.50. The van der Waals surface area contributed by atoms with Gasteiger partial charge in [-0.15, -0.1) is 0 Å². The van der Waals surface area contributed by atoms with Crippen LogP contribution in [0.25, 0.3) is 0 Å². The average Bonchev–Trinajstić information content (AvgIpc) is 2.47. The molecule has 2 rings (SSSR count). The van der Waals surface area contributed by atoms with E-state index in [4.69, 9.17) is 0 Å². The zero-order valence-electron chi connectivity index (χ0n) is 9.51. The molecule has 3 heteroatoms. The van der Waals surface area contributed by atoms with E-state index in [0.717, 1.165) is 25.7 Å². The van der Waals surface area contributed by atoms with E-state index < -0.39 is 0 Å². The molecule has 2 aliphatic rings. The molecule has 3 atom stereocenters. The molecule has 3 unspecified atom stereocenters. The Morgan fingerprint density at radius 1 is 1.47 bits per heavy atom. The Hall–Kier alpha value is -0.860. The highest BCUT2D eigenvalue weighted by Crippen LogP contribution is 2.52. The second kappa shape index (κ2) is 3.62. The van der Waals surface area contributed by atoms with Gasteiger partial charge in [0.25, 0.3) is 0 Å². The van der Waals surface area contributed by atoms with Gasteiger partial charge < -0.3 is 0 Å². The van der Waals surface area contributed by atoms with Crippen molar-refractivity contribution in [3.8, 4) is 0 Å². The summed E-state index contributed by atoms with van der Waals surface area (Å²) in [5.41, 5.74) is -0.00637. The Morgan fingerprint density at radius 2 is 2.20 bits per heavy atom. The van der Waals surface area contributed by atoms with Gasteiger partial charge in [-0.05, 0) is 30.6 Å². The minimum absolute atomic E-state index is 0.00637. The van der Waals surface area contributed by atoms with Crippen LogP contribution < -0.4 is 5.32 Å². The summed E-state index contributed by atoms with van der Waals surface area (Å²) in [6.07, 6.45) is 4.67. The van der Waals surface area contributed by atoms with Gasteiger partial charge in [0.05, 0.1) is 0 Å². The third-order valence-electron chi connectivity index (χ3n) is 4.13. The fraction of sp³-hybridized carbons (Fsp3) is 0.833. The minimum atomic E-state index is -0.0706. The van der Waals surface area contributed by atoms with E-state index in [1.54, 1.807) is 0 Å². The lowest BCUT2D eigenvalue weighted by molar-refractivity contribution is -0.143. The number of carbonyl (C=O) groups is 2. The summed E-state index contributed by atoms with van der Waals surface area (Å²) in [6, 6.07) is 0. The summed E-state index contributed by atoms with van der Waals surface area (Å²) >= 11 is 0. The van der Waals surface area contributed by atoms with Crippen LogP contribution in [0.4, 0.5) is 0 Å². The molecule has 2 fully saturated rings. The molecule has 0 aromatic heterocycles. The molecule has 1 N–H and O–H groups in total. The Morgan fingerprint density at radius 3 is 2.73 bits per heavy atom. The predicted molar refractivity (Wildman–Crippen MR) is 57.0 cm³/mol. The molecule has 3 nitrogen and oxygen atoms in total. The predicted octanol–water partition coefficient (Wildman–Crippen LogP) is 1.87. The maximum absolute atomic E-state index is 11.8. The van der Waals surface area contributed by atoms with Crippen LogP contribution in [0.1, 0.15) is 46.0 Å². The maximum Gasteiger partial charge on any atom is 0.230 e. The molecule has 1 spiro atoms. The van der Waals surface area contributed by atoms with Crippen molar-refractivity contribution in [1.29, 1.82) is 0 Å². The van der Waals surface area contributed by atoms with Crippen LogP contribution in [0.5, 0.6) is 0 Å². The second-order valence-electron chi connectivity index (χ2n) is 5.26. The topological polar surface area (TPSA) is 46.2 Å². The number of amides is 2. The van der Waals surface area contributed by atoms with E-state index in [9.17, 15) is 9.59 Å². The van der Waals surface area contributed by atoms with Crippen LogP contribution in [0, 0.1) is 17.3 Å². The standard InChI is InChI=1S/C12H19NO2/c1-3-9-11(15)13-10(14)7-12(9)5-4-8(2)6-12/h8-9H,3-7H2,1-2H3,(H,13,14,15). The summed E-state index contributed by atoms with van der Waals surface area (Å²) in [7, 11) is 0. The normalized spacial score (nSPS) is 40.9. The van der Waals surface area contributed by atoms with Gasteiger partial charge in [-0.25, -0.2) is 0 Å². The SMILES string of the molecule is CCC1C(=O)NC(=O)CC12CCC(C)C2. The van der Waals surface area contributed by atoms with Crippen molar-refractivity contribution < 1.29 is 9.59 Å². The molecule has 84 valence electrons. The van der Waals surface area contributed by atoms with E-state index in [1.807, 2.05) is 6.92 Å². The number of carbonyl (C=O) groups excluding carboxylic acids is 2. The van der Waals surface area contributed by atoms with Crippen LogP contribution in [-0.2, 0) is 9.59 Å². The Kier molecular flexibility index (Phi) is 2.57. The number of rotatable bonds is 1. The number of hydrogen-bond acceptors (Lipinski definition) is 2. The number of piperidine rings is 1. The molecule has 0 radical (unpaired) electrons. The first kappa shape index (κ1) is 10.7. The van der Waals surface area contributed by atoms with Crippen LogP contribution in [0.15, 0.2) is 0 Å². The molecule has 15 heavy (non-hydrogen) atoms. The van der Waals surface area contributed by atoms with E-state index in [-0.39, 0.29) is 23.1 Å². The minimum Gasteiger partial charge on any atom is -0.296 e. The van der Waals surface area contributed by atoms with Gasteiger partial charge in [-0.3, -0.25) is 14.9 Å². The van der Waals surface area contributed by atoms with Crippen LogP contribution >= 0.6 is 0 Å². The van der Waals surface area contributed by atoms with Gasteiger partial charge in [-0.2, -0.15) is 0 Å². The number of hydrogen-bond donors (Lipinski definition) is 1. The van der Waals surface area contributed by atoms with E-state index in [1.165, 1.54) is 0 Å².